The van der Waals surface area contributed by atoms with Crippen molar-refractivity contribution in [3.63, 3.8) is 0 Å². The molecule has 0 saturated carbocycles. The Bertz CT molecular complexity index is 544. The van der Waals surface area contributed by atoms with Gasteiger partial charge in [-0.15, -0.1) is 10.2 Å². The lowest BCUT2D eigenvalue weighted by Crippen LogP contribution is -2.50. The maximum atomic E-state index is 12.4. The number of aryl methyl sites for hydroxylation is 1. The molecular weight excluding hydrogens is 274 g/mol. The molecule has 2 aliphatic rings. The molecule has 2 aliphatic heterocycles. The van der Waals surface area contributed by atoms with E-state index >= 15 is 0 Å². The van der Waals surface area contributed by atoms with Crippen molar-refractivity contribution in [1.82, 2.24) is 25.4 Å². The standard InChI is InChI=1S/C13H19N5O3/c1-2-10-15-11(17-16-10)12(19)14-9-7-21-6-8-4-3-5-18(8)13(9)20/h8-9H,2-7H2,1H3,(H,14,19)(H,15,16,17)/t8-,9-/m0/s1. The quantitative estimate of drug-likeness (QED) is 0.781. The zero-order valence-corrected chi connectivity index (χ0v) is 12.0. The number of H-pyrrole nitrogens is 1. The summed E-state index contributed by atoms with van der Waals surface area (Å²) in [5.41, 5.74) is 0. The van der Waals surface area contributed by atoms with Crippen LogP contribution < -0.4 is 5.32 Å². The number of hydrogen-bond acceptors (Lipinski definition) is 5. The number of rotatable bonds is 3. The number of aromatic nitrogens is 3. The molecule has 2 amide bonds. The van der Waals surface area contributed by atoms with E-state index in [1.165, 1.54) is 0 Å². The van der Waals surface area contributed by atoms with E-state index in [1.54, 1.807) is 0 Å². The van der Waals surface area contributed by atoms with Crippen LogP contribution in [0.15, 0.2) is 0 Å². The number of amides is 2. The summed E-state index contributed by atoms with van der Waals surface area (Å²) in [5.74, 6) is 0.269. The normalized spacial score (nSPS) is 25.6. The van der Waals surface area contributed by atoms with Crippen LogP contribution in [0.3, 0.4) is 0 Å². The van der Waals surface area contributed by atoms with Crippen molar-refractivity contribution in [3.05, 3.63) is 11.6 Å². The number of carbonyl (C=O) groups excluding carboxylic acids is 2. The highest BCUT2D eigenvalue weighted by molar-refractivity contribution is 5.95. The van der Waals surface area contributed by atoms with Gasteiger partial charge in [0.15, 0.2) is 0 Å². The fourth-order valence-corrected chi connectivity index (χ4v) is 2.78. The molecule has 0 radical (unpaired) electrons. The Morgan fingerprint density at radius 1 is 1.48 bits per heavy atom. The number of nitrogens with zero attached hydrogens (tertiary/aromatic N) is 3. The highest BCUT2D eigenvalue weighted by Crippen LogP contribution is 2.21. The molecule has 8 nitrogen and oxygen atoms in total. The fourth-order valence-electron chi connectivity index (χ4n) is 2.78. The zero-order chi connectivity index (χ0) is 14.8. The second-order valence-corrected chi connectivity index (χ2v) is 5.37. The molecular formula is C13H19N5O3. The first-order valence-corrected chi connectivity index (χ1v) is 7.29. The molecule has 1 aromatic heterocycles. The van der Waals surface area contributed by atoms with Crippen LogP contribution in [0.5, 0.6) is 0 Å². The molecule has 0 aromatic carbocycles. The molecule has 114 valence electrons. The lowest BCUT2D eigenvalue weighted by molar-refractivity contribution is -0.133. The summed E-state index contributed by atoms with van der Waals surface area (Å²) in [5, 5.41) is 10.3. The minimum Gasteiger partial charge on any atom is -0.377 e. The second-order valence-electron chi connectivity index (χ2n) is 5.37. The summed E-state index contributed by atoms with van der Waals surface area (Å²) in [7, 11) is 0. The first-order chi connectivity index (χ1) is 10.2. The molecule has 3 heterocycles. The number of fused-ring (bicyclic) bond motifs is 1. The maximum Gasteiger partial charge on any atom is 0.289 e. The molecule has 0 aliphatic carbocycles. The van der Waals surface area contributed by atoms with Gasteiger partial charge in [0.05, 0.1) is 19.3 Å². The molecule has 0 unspecified atom stereocenters. The van der Waals surface area contributed by atoms with E-state index in [0.717, 1.165) is 19.4 Å². The predicted molar refractivity (Wildman–Crippen MR) is 72.6 cm³/mol. The Hall–Kier alpha value is -1.96. The Morgan fingerprint density at radius 2 is 2.33 bits per heavy atom. The topological polar surface area (TPSA) is 100 Å². The highest BCUT2D eigenvalue weighted by Gasteiger charge is 2.37. The van der Waals surface area contributed by atoms with Gasteiger partial charge in [-0.05, 0) is 12.8 Å². The minimum atomic E-state index is -0.657. The molecule has 2 saturated heterocycles. The third-order valence-corrected chi connectivity index (χ3v) is 3.94. The van der Waals surface area contributed by atoms with E-state index in [9.17, 15) is 9.59 Å². The molecule has 2 atom stereocenters. The highest BCUT2D eigenvalue weighted by atomic mass is 16.5. The molecule has 2 fully saturated rings. The monoisotopic (exact) mass is 293 g/mol. The Balaban J connectivity index is 1.68. The van der Waals surface area contributed by atoms with E-state index in [1.807, 2.05) is 11.8 Å². The van der Waals surface area contributed by atoms with Gasteiger partial charge in [0, 0.05) is 13.0 Å². The van der Waals surface area contributed by atoms with Gasteiger partial charge in [-0.2, -0.15) is 0 Å². The Labute approximate surface area is 122 Å². The largest absolute Gasteiger partial charge is 0.377 e. The van der Waals surface area contributed by atoms with Crippen molar-refractivity contribution in [2.45, 2.75) is 38.3 Å². The molecule has 8 heteroatoms. The van der Waals surface area contributed by atoms with Gasteiger partial charge in [-0.1, -0.05) is 6.92 Å². The van der Waals surface area contributed by atoms with Crippen molar-refractivity contribution >= 4 is 11.8 Å². The molecule has 1 aromatic rings. The van der Waals surface area contributed by atoms with Gasteiger partial charge in [0.1, 0.15) is 11.9 Å². The molecule has 0 spiro atoms. The lowest BCUT2D eigenvalue weighted by Gasteiger charge is -2.23. The number of nitrogens with one attached hydrogen (secondary N) is 2. The van der Waals surface area contributed by atoms with Crippen molar-refractivity contribution in [1.29, 1.82) is 0 Å². The van der Waals surface area contributed by atoms with E-state index < -0.39 is 11.9 Å². The molecule has 3 rings (SSSR count). The summed E-state index contributed by atoms with van der Waals surface area (Å²) in [4.78, 5) is 29.2. The van der Waals surface area contributed by atoms with E-state index in [2.05, 4.69) is 20.5 Å². The van der Waals surface area contributed by atoms with Gasteiger partial charge in [-0.25, -0.2) is 0 Å². The number of aromatic amines is 1. The molecule has 0 bridgehead atoms. The van der Waals surface area contributed by atoms with Crippen LogP contribution in [-0.2, 0) is 16.0 Å². The third-order valence-electron chi connectivity index (χ3n) is 3.94. The average molecular weight is 293 g/mol. The first kappa shape index (κ1) is 14.0. The summed E-state index contributed by atoms with van der Waals surface area (Å²) in [6.45, 7) is 3.40. The lowest BCUT2D eigenvalue weighted by atomic mass is 10.2. The van der Waals surface area contributed by atoms with Crippen LogP contribution >= 0.6 is 0 Å². The predicted octanol–water partition coefficient (Wildman–Crippen LogP) is -0.513. The van der Waals surface area contributed by atoms with Crippen molar-refractivity contribution in [3.8, 4) is 0 Å². The van der Waals surface area contributed by atoms with Crippen molar-refractivity contribution < 1.29 is 14.3 Å². The second kappa shape index (κ2) is 5.80. The third kappa shape index (κ3) is 2.76. The van der Waals surface area contributed by atoms with E-state index in [0.29, 0.717) is 18.9 Å². The number of ether oxygens (including phenoxy) is 1. The SMILES string of the molecule is CCc1nnc(C(=O)N[C@H]2COC[C@@H]3CCCN3C2=O)[nH]1. The van der Waals surface area contributed by atoms with Crippen LogP contribution in [0, 0.1) is 0 Å². The Kier molecular flexibility index (Phi) is 3.87. The summed E-state index contributed by atoms with van der Waals surface area (Å²) in [6.07, 6.45) is 2.62. The van der Waals surface area contributed by atoms with Crippen molar-refractivity contribution in [2.75, 3.05) is 19.8 Å². The van der Waals surface area contributed by atoms with Gasteiger partial charge in [0.2, 0.25) is 11.7 Å². The van der Waals surface area contributed by atoms with Crippen molar-refractivity contribution in [2.24, 2.45) is 0 Å². The minimum absolute atomic E-state index is 0.0708. The van der Waals surface area contributed by atoms with Gasteiger partial charge in [-0.3, -0.25) is 9.59 Å². The van der Waals surface area contributed by atoms with Gasteiger partial charge >= 0.3 is 0 Å². The van der Waals surface area contributed by atoms with Crippen LogP contribution in [0.25, 0.3) is 0 Å². The van der Waals surface area contributed by atoms with Gasteiger partial charge in [0.25, 0.3) is 5.91 Å². The number of carbonyl (C=O) groups is 2. The van der Waals surface area contributed by atoms with E-state index in [-0.39, 0.29) is 24.4 Å². The van der Waals surface area contributed by atoms with Crippen LogP contribution in [-0.4, -0.2) is 63.7 Å². The number of hydrogen-bond donors (Lipinski definition) is 2. The first-order valence-electron chi connectivity index (χ1n) is 7.29. The van der Waals surface area contributed by atoms with Gasteiger partial charge < -0.3 is 19.9 Å². The fraction of sp³-hybridized carbons (Fsp3) is 0.692. The van der Waals surface area contributed by atoms with Crippen LogP contribution in [0.4, 0.5) is 0 Å². The smallest absolute Gasteiger partial charge is 0.289 e. The molecule has 21 heavy (non-hydrogen) atoms. The maximum absolute atomic E-state index is 12.4. The summed E-state index contributed by atoms with van der Waals surface area (Å²) in [6, 6.07) is -0.507. The van der Waals surface area contributed by atoms with Crippen LogP contribution in [0.1, 0.15) is 36.2 Å². The molecule has 2 N–H and O–H groups in total. The average Bonchev–Trinajstić information content (AvgIpc) is 3.12. The zero-order valence-electron chi connectivity index (χ0n) is 12.0. The van der Waals surface area contributed by atoms with E-state index in [4.69, 9.17) is 4.74 Å². The van der Waals surface area contributed by atoms with Crippen LogP contribution in [0.2, 0.25) is 0 Å². The summed E-state index contributed by atoms with van der Waals surface area (Å²) < 4.78 is 5.53. The summed E-state index contributed by atoms with van der Waals surface area (Å²) >= 11 is 0. The Morgan fingerprint density at radius 3 is 3.10 bits per heavy atom.